The molecule has 1 aromatic carbocycles. The van der Waals surface area contributed by atoms with Crippen LogP contribution >= 0.6 is 0 Å². The van der Waals surface area contributed by atoms with Gasteiger partial charge in [0, 0.05) is 31.6 Å². The molecule has 3 rings (SSSR count). The number of carbonyl (C=O) groups is 1. The predicted molar refractivity (Wildman–Crippen MR) is 94.5 cm³/mol. The minimum atomic E-state index is 0.0786. The zero-order chi connectivity index (χ0) is 16.8. The lowest BCUT2D eigenvalue weighted by atomic mass is 9.85. The molecule has 1 amide bonds. The van der Waals surface area contributed by atoms with Crippen LogP contribution in [0.5, 0.6) is 0 Å². The molecule has 1 aliphatic carbocycles. The number of carbonyl (C=O) groups excluding carboxylic acids is 1. The van der Waals surface area contributed by atoms with Crippen molar-refractivity contribution in [3.8, 4) is 0 Å². The molecule has 0 spiro atoms. The van der Waals surface area contributed by atoms with E-state index in [4.69, 9.17) is 10.5 Å². The second kappa shape index (κ2) is 8.60. The van der Waals surface area contributed by atoms with E-state index in [9.17, 15) is 4.79 Å². The molecule has 24 heavy (non-hydrogen) atoms. The Balaban J connectivity index is 1.62. The molecular formula is C19H29N3O2. The fraction of sp³-hybridized carbons (Fsp3) is 0.632. The van der Waals surface area contributed by atoms with Crippen LogP contribution in [0.15, 0.2) is 30.3 Å². The molecule has 3 atom stereocenters. The summed E-state index contributed by atoms with van der Waals surface area (Å²) in [5.74, 6) is 0.245. The third-order valence-corrected chi connectivity index (χ3v) is 5.23. The Morgan fingerprint density at radius 2 is 2.00 bits per heavy atom. The molecule has 0 radical (unpaired) electrons. The van der Waals surface area contributed by atoms with Crippen LogP contribution < -0.4 is 11.1 Å². The first kappa shape index (κ1) is 17.4. The van der Waals surface area contributed by atoms with Crippen molar-refractivity contribution < 1.29 is 9.53 Å². The number of nitrogens with one attached hydrogen (secondary N) is 1. The predicted octanol–water partition coefficient (Wildman–Crippen LogP) is 1.69. The van der Waals surface area contributed by atoms with Gasteiger partial charge in [0.05, 0.1) is 19.3 Å². The number of nitrogens with zero attached hydrogens (tertiary/aromatic N) is 1. The zero-order valence-electron chi connectivity index (χ0n) is 14.3. The minimum Gasteiger partial charge on any atom is -0.379 e. The van der Waals surface area contributed by atoms with E-state index in [1.54, 1.807) is 0 Å². The van der Waals surface area contributed by atoms with Gasteiger partial charge in [0.2, 0.25) is 5.91 Å². The Morgan fingerprint density at radius 1 is 1.25 bits per heavy atom. The lowest BCUT2D eigenvalue weighted by Crippen LogP contribution is -2.45. The van der Waals surface area contributed by atoms with Gasteiger partial charge in [-0.15, -0.1) is 0 Å². The summed E-state index contributed by atoms with van der Waals surface area (Å²) in [6, 6.07) is 10.8. The number of hydrogen-bond acceptors (Lipinski definition) is 4. The molecule has 5 nitrogen and oxygen atoms in total. The fourth-order valence-corrected chi connectivity index (χ4v) is 3.83. The first-order chi connectivity index (χ1) is 11.7. The topological polar surface area (TPSA) is 67.6 Å². The van der Waals surface area contributed by atoms with Crippen LogP contribution in [0, 0.1) is 5.92 Å². The normalized spacial score (nSPS) is 26.7. The molecular weight excluding hydrogens is 302 g/mol. The van der Waals surface area contributed by atoms with E-state index in [-0.39, 0.29) is 23.9 Å². The second-order valence-electron chi connectivity index (χ2n) is 6.94. The van der Waals surface area contributed by atoms with E-state index >= 15 is 0 Å². The molecule has 132 valence electrons. The van der Waals surface area contributed by atoms with E-state index in [1.165, 1.54) is 5.56 Å². The van der Waals surface area contributed by atoms with Crippen LogP contribution in [0.2, 0.25) is 0 Å². The van der Waals surface area contributed by atoms with Crippen LogP contribution in [0.4, 0.5) is 0 Å². The first-order valence-electron chi connectivity index (χ1n) is 9.14. The van der Waals surface area contributed by atoms with E-state index in [0.29, 0.717) is 6.54 Å². The van der Waals surface area contributed by atoms with Crippen LogP contribution in [0.25, 0.3) is 0 Å². The maximum absolute atomic E-state index is 12.6. The third-order valence-electron chi connectivity index (χ3n) is 5.23. The lowest BCUT2D eigenvalue weighted by molar-refractivity contribution is -0.126. The van der Waals surface area contributed by atoms with Gasteiger partial charge in [-0.1, -0.05) is 36.8 Å². The Bertz CT molecular complexity index is 517. The summed E-state index contributed by atoms with van der Waals surface area (Å²) in [4.78, 5) is 15.0. The van der Waals surface area contributed by atoms with Gasteiger partial charge in [-0.05, 0) is 24.8 Å². The molecule has 3 N–H and O–H groups in total. The Kier molecular flexibility index (Phi) is 6.24. The van der Waals surface area contributed by atoms with Gasteiger partial charge in [-0.25, -0.2) is 0 Å². The van der Waals surface area contributed by atoms with Crippen LogP contribution in [-0.2, 0) is 9.53 Å². The number of hydrogen-bond donors (Lipinski definition) is 2. The smallest absolute Gasteiger partial charge is 0.223 e. The molecule has 1 saturated heterocycles. The lowest BCUT2D eigenvalue weighted by Gasteiger charge is -2.35. The van der Waals surface area contributed by atoms with E-state index in [2.05, 4.69) is 34.5 Å². The van der Waals surface area contributed by atoms with Crippen molar-refractivity contribution >= 4 is 5.91 Å². The fourth-order valence-electron chi connectivity index (χ4n) is 3.83. The number of nitrogens with two attached hydrogens (primary N) is 1. The average Bonchev–Trinajstić information content (AvgIpc) is 2.63. The molecule has 2 fully saturated rings. The van der Waals surface area contributed by atoms with Gasteiger partial charge in [0.15, 0.2) is 0 Å². The van der Waals surface area contributed by atoms with Gasteiger partial charge in [-0.2, -0.15) is 0 Å². The standard InChI is InChI=1S/C19H29N3O2/c20-17-8-4-7-16(13-17)19(23)21-14-18(15-5-2-1-3-6-15)22-9-11-24-12-10-22/h1-3,5-6,16-18H,4,7-14,20H2,(H,21,23). The molecule has 1 aliphatic heterocycles. The highest BCUT2D eigenvalue weighted by Crippen LogP contribution is 2.24. The van der Waals surface area contributed by atoms with Crippen molar-refractivity contribution in [1.29, 1.82) is 0 Å². The molecule has 0 aromatic heterocycles. The van der Waals surface area contributed by atoms with Crippen molar-refractivity contribution in [1.82, 2.24) is 10.2 Å². The molecule has 5 heteroatoms. The maximum Gasteiger partial charge on any atom is 0.223 e. The average molecular weight is 331 g/mol. The van der Waals surface area contributed by atoms with E-state index in [0.717, 1.165) is 52.0 Å². The van der Waals surface area contributed by atoms with Crippen molar-refractivity contribution in [2.24, 2.45) is 11.7 Å². The van der Waals surface area contributed by atoms with E-state index < -0.39 is 0 Å². The molecule has 2 aliphatic rings. The SMILES string of the molecule is NC1CCCC(C(=O)NCC(c2ccccc2)N2CCOCC2)C1. The van der Waals surface area contributed by atoms with Gasteiger partial charge >= 0.3 is 0 Å². The quantitative estimate of drug-likeness (QED) is 0.862. The molecule has 1 aromatic rings. The molecule has 3 unspecified atom stereocenters. The van der Waals surface area contributed by atoms with Crippen molar-refractivity contribution in [3.05, 3.63) is 35.9 Å². The Labute approximate surface area is 144 Å². The van der Waals surface area contributed by atoms with Crippen LogP contribution in [0.3, 0.4) is 0 Å². The largest absolute Gasteiger partial charge is 0.379 e. The van der Waals surface area contributed by atoms with Crippen molar-refractivity contribution in [2.45, 2.75) is 37.8 Å². The highest BCUT2D eigenvalue weighted by atomic mass is 16.5. The number of benzene rings is 1. The molecule has 0 bridgehead atoms. The van der Waals surface area contributed by atoms with Gasteiger partial charge in [0.1, 0.15) is 0 Å². The summed E-state index contributed by atoms with van der Waals surface area (Å²) in [6.07, 6.45) is 3.89. The highest BCUT2D eigenvalue weighted by Gasteiger charge is 2.27. The monoisotopic (exact) mass is 331 g/mol. The zero-order valence-corrected chi connectivity index (χ0v) is 14.3. The van der Waals surface area contributed by atoms with Crippen molar-refractivity contribution in [2.75, 3.05) is 32.8 Å². The van der Waals surface area contributed by atoms with Gasteiger partial charge < -0.3 is 15.8 Å². The molecule has 1 heterocycles. The van der Waals surface area contributed by atoms with Crippen LogP contribution in [0.1, 0.15) is 37.3 Å². The second-order valence-corrected chi connectivity index (χ2v) is 6.94. The Hall–Kier alpha value is -1.43. The van der Waals surface area contributed by atoms with Gasteiger partial charge in [-0.3, -0.25) is 9.69 Å². The summed E-state index contributed by atoms with van der Waals surface area (Å²) in [6.45, 7) is 3.98. The molecule has 1 saturated carbocycles. The number of amides is 1. The first-order valence-corrected chi connectivity index (χ1v) is 9.14. The minimum absolute atomic E-state index is 0.0786. The van der Waals surface area contributed by atoms with E-state index in [1.807, 2.05) is 6.07 Å². The summed E-state index contributed by atoms with van der Waals surface area (Å²) >= 11 is 0. The summed E-state index contributed by atoms with van der Waals surface area (Å²) < 4.78 is 5.48. The summed E-state index contributed by atoms with van der Waals surface area (Å²) in [5.41, 5.74) is 7.27. The summed E-state index contributed by atoms with van der Waals surface area (Å²) in [7, 11) is 0. The Morgan fingerprint density at radius 3 is 2.71 bits per heavy atom. The van der Waals surface area contributed by atoms with Crippen molar-refractivity contribution in [3.63, 3.8) is 0 Å². The number of rotatable bonds is 5. The third kappa shape index (κ3) is 4.56. The number of ether oxygens (including phenoxy) is 1. The van der Waals surface area contributed by atoms with Gasteiger partial charge in [0.25, 0.3) is 0 Å². The van der Waals surface area contributed by atoms with Crippen LogP contribution in [-0.4, -0.2) is 49.7 Å². The summed E-state index contributed by atoms with van der Waals surface area (Å²) in [5, 5.41) is 3.19. The number of morpholine rings is 1. The highest BCUT2D eigenvalue weighted by molar-refractivity contribution is 5.78. The maximum atomic E-state index is 12.6.